The minimum Gasteiger partial charge on any atom is -1.00 e. The monoisotopic (exact) mass is 2220 g/mol. The molecule has 6 heterocycles. The van der Waals surface area contributed by atoms with Crippen LogP contribution in [0, 0.1) is 6.92 Å². The van der Waals surface area contributed by atoms with Gasteiger partial charge < -0.3 is 140 Å². The summed E-state index contributed by atoms with van der Waals surface area (Å²) in [6.07, 6.45) is 9.95. The number of aryl methyl sites for hydroxylation is 4. The third kappa shape index (κ3) is 27.2. The van der Waals surface area contributed by atoms with E-state index in [1.54, 1.807) is 71.2 Å². The van der Waals surface area contributed by atoms with Gasteiger partial charge >= 0.3 is 35.6 Å². The molecule has 3 aliphatic rings. The lowest BCUT2D eigenvalue weighted by molar-refractivity contribution is -0.646. The molecule has 19 nitrogen and oxygen atoms in total. The molecule has 16 rings (SSSR count). The molecule has 3 aliphatic heterocycles. The fourth-order valence-electron chi connectivity index (χ4n) is 13.0. The highest BCUT2D eigenvalue weighted by atomic mass is 127. The first-order valence-electron chi connectivity index (χ1n) is 40.9. The highest BCUT2D eigenvalue weighted by Gasteiger charge is 2.54. The molecule has 0 unspecified atom stereocenters. The van der Waals surface area contributed by atoms with Crippen LogP contribution in [0.1, 0.15) is 158 Å². The summed E-state index contributed by atoms with van der Waals surface area (Å²) in [5, 5.41) is 57.4. The second-order valence-electron chi connectivity index (χ2n) is 33.3. The van der Waals surface area contributed by atoms with Gasteiger partial charge in [0.2, 0.25) is 21.6 Å². The number of nitrogens with zero attached hydrogens (tertiary/aromatic N) is 3. The van der Waals surface area contributed by atoms with Crippen LogP contribution in [-0.2, 0) is 79.9 Å². The smallest absolute Gasteiger partial charge is 0.494 e. The van der Waals surface area contributed by atoms with E-state index >= 15 is 0 Å². The topological polar surface area (TPSA) is 241 Å². The number of hydrogen-bond donors (Lipinski definition) is 6. The van der Waals surface area contributed by atoms with Crippen LogP contribution in [0.4, 0.5) is 0 Å². The SMILES string of the molecule is CC1(C)OB(c2ccc(CI)cc2)OC1(C)C.CC1(C)OB(c2ccc(CO)cc2)OC1(C)C.CC1(C)OB(c2ccc(COc3ccc(C=O)cc3C=O)cc2)OC1(C)C.C[n+]1c(/C=C/c2ccc(OCc3ccc(B(O)O)cc3)c(/C=C/c3sc4ccccc4[n+]3C)c2)sc2ccccc21.Cc1sc2ccccc2[n+]1C.OCc1ccc(B(O)O)cc1.[I-].[I-].[I-]. The van der Waals surface area contributed by atoms with E-state index in [-0.39, 0.29) is 133 Å². The van der Waals surface area contributed by atoms with E-state index in [1.807, 2.05) is 133 Å². The maximum absolute atomic E-state index is 11.2. The Labute approximate surface area is 824 Å². The number of carbonyl (C=O) groups excluding carboxylic acids is 2. The molecule has 0 saturated carbocycles. The molecule has 3 saturated heterocycles. The maximum atomic E-state index is 11.2. The van der Waals surface area contributed by atoms with Gasteiger partial charge in [-0.1, -0.05) is 220 Å². The summed E-state index contributed by atoms with van der Waals surface area (Å²) in [6.45, 7) is 27.4. The molecule has 664 valence electrons. The van der Waals surface area contributed by atoms with Crippen molar-refractivity contribution in [3.05, 3.63) is 296 Å². The summed E-state index contributed by atoms with van der Waals surface area (Å²) < 4.78 is 59.5. The number of aldehydes is 2. The number of benzene rings is 10. The van der Waals surface area contributed by atoms with Gasteiger partial charge in [0.25, 0.3) is 10.0 Å². The third-order valence-corrected chi connectivity index (χ3v) is 27.4. The number of hydrogen-bond acceptors (Lipinski definition) is 19. The molecule has 127 heavy (non-hydrogen) atoms. The van der Waals surface area contributed by atoms with Crippen LogP contribution in [0.15, 0.2) is 231 Å². The first-order valence-corrected chi connectivity index (χ1v) is 44.8. The Morgan fingerprint density at radius 1 is 0.378 bits per heavy atom. The fraction of sp³-hybridized carbons (Fsp3) is 0.281. The summed E-state index contributed by atoms with van der Waals surface area (Å²) in [4.78, 5) is 22.0. The summed E-state index contributed by atoms with van der Waals surface area (Å²) in [6, 6.07) is 73.8. The van der Waals surface area contributed by atoms with Gasteiger partial charge in [-0.25, -0.2) is 0 Å². The predicted molar refractivity (Wildman–Crippen MR) is 512 cm³/mol. The summed E-state index contributed by atoms with van der Waals surface area (Å²) >= 11 is 7.74. The van der Waals surface area contributed by atoms with Crippen molar-refractivity contribution >= 4 is 187 Å². The molecule has 0 bridgehead atoms. The van der Waals surface area contributed by atoms with E-state index in [1.165, 1.54) is 52.3 Å². The van der Waals surface area contributed by atoms with Gasteiger partial charge in [-0.2, -0.15) is 13.7 Å². The second-order valence-corrected chi connectivity index (χ2v) is 37.4. The molecular formula is C96H108B5I4N3O16S3. The second kappa shape index (κ2) is 46.9. The lowest BCUT2D eigenvalue weighted by atomic mass is 9.79. The Kier molecular flexibility index (Phi) is 38.9. The van der Waals surface area contributed by atoms with Gasteiger partial charge in [0, 0.05) is 52.8 Å². The van der Waals surface area contributed by atoms with E-state index in [2.05, 4.69) is 226 Å². The number of carbonyl (C=O) groups is 2. The molecule has 0 amide bonds. The zero-order chi connectivity index (χ0) is 89.5. The van der Waals surface area contributed by atoms with Crippen LogP contribution in [0.3, 0.4) is 0 Å². The molecule has 0 radical (unpaired) electrons. The van der Waals surface area contributed by atoms with Crippen molar-refractivity contribution in [3.63, 3.8) is 0 Å². The van der Waals surface area contributed by atoms with E-state index in [0.29, 0.717) is 53.6 Å². The van der Waals surface area contributed by atoms with Gasteiger partial charge in [-0.05, 0) is 204 Å². The van der Waals surface area contributed by atoms with Crippen LogP contribution >= 0.6 is 56.6 Å². The number of thiazole rings is 3. The van der Waals surface area contributed by atoms with Crippen molar-refractivity contribution in [1.82, 2.24) is 0 Å². The van der Waals surface area contributed by atoms with Crippen molar-refractivity contribution in [3.8, 4) is 11.5 Å². The summed E-state index contributed by atoms with van der Waals surface area (Å²) in [7, 11) is 2.41. The van der Waals surface area contributed by atoms with Gasteiger partial charge in [0.15, 0.2) is 6.29 Å². The van der Waals surface area contributed by atoms with E-state index < -0.39 is 21.4 Å². The Morgan fingerprint density at radius 3 is 1.04 bits per heavy atom. The number of ether oxygens (including phenoxy) is 2. The normalized spacial score (nSPS) is 15.2. The van der Waals surface area contributed by atoms with Crippen LogP contribution in [0.25, 0.3) is 55.0 Å². The Hall–Kier alpha value is -6.95. The molecule has 10 aromatic carbocycles. The zero-order valence-corrected chi connectivity index (χ0v) is 85.2. The van der Waals surface area contributed by atoms with E-state index in [0.717, 1.165) is 65.0 Å². The number of aliphatic hydroxyl groups excluding tert-OH is 2. The van der Waals surface area contributed by atoms with Gasteiger partial charge in [0.1, 0.15) is 66.2 Å². The summed E-state index contributed by atoms with van der Waals surface area (Å²) in [5.74, 6) is 1.23. The highest BCUT2D eigenvalue weighted by molar-refractivity contribution is 14.1. The van der Waals surface area contributed by atoms with Gasteiger partial charge in [-0.15, -0.1) is 0 Å². The largest absolute Gasteiger partial charge is 1.00 e. The predicted octanol–water partition coefficient (Wildman–Crippen LogP) is 4.86. The molecular weight excluding hydrogens is 2110 g/mol. The van der Waals surface area contributed by atoms with Gasteiger partial charge in [-0.3, -0.25) is 9.59 Å². The molecule has 3 aromatic heterocycles. The minimum absolute atomic E-state index is 0. The first kappa shape index (κ1) is 105. The molecule has 0 atom stereocenters. The van der Waals surface area contributed by atoms with Gasteiger partial charge in [0.05, 0.1) is 52.4 Å². The lowest BCUT2D eigenvalue weighted by Gasteiger charge is -2.32. The molecule has 13 aromatic rings. The first-order chi connectivity index (χ1) is 58.9. The molecule has 0 aliphatic carbocycles. The van der Waals surface area contributed by atoms with Crippen molar-refractivity contribution < 1.29 is 163 Å². The molecule has 31 heteroatoms. The standard InChI is InChI=1S/C33H29BN2O3S2.C21H23BO5.C13H18BIO2.C13H19BO3.C9H10NS.C7H9BO3.3HI/c1-35-27-7-3-5-9-30(27)40-32(35)19-14-23-13-18-29(39-22-24-11-16-26(17-12-24)34(37)38)25(21-23)15-20-33-36(2)28-8-4-6-10-31(28)41-33;1-20(2)21(3,4)27-22(26-20)18-8-5-15(6-9-18)14-25-19-10-7-16(12-23)11-17(19)13-24;2*1-12(2)13(3,4)17-14(16-12)11-7-5-10(9-15)6-8-11;1-7-10(2)8-5-3-4-6-9(8)11-7;9-5-6-1-3-7(4-2-6)8(10)11;;;/h3-21,37-38H,22H2,1-2H3;5-13H,14H2,1-4H3;5-8H,9H2,1-4H3;5-8,15H,9H2,1-4H3;3-6H,1-2H3;1-4,9-11H,5H2;3*1H/q+2;;;;+1;;;;/p-3/b19-14+,20-15+;;;;;;;;. The van der Waals surface area contributed by atoms with Crippen molar-refractivity contribution in [1.29, 1.82) is 0 Å². The van der Waals surface area contributed by atoms with Crippen LogP contribution in [-0.4, -0.2) is 112 Å². The molecule has 3 fully saturated rings. The maximum Gasteiger partial charge on any atom is 0.494 e. The molecule has 6 N–H and O–H groups in total. The number of fused-ring (bicyclic) bond motifs is 3. The Bertz CT molecular complexity index is 5710. The van der Waals surface area contributed by atoms with E-state index in [9.17, 15) is 19.6 Å². The Morgan fingerprint density at radius 2 is 0.693 bits per heavy atom. The van der Waals surface area contributed by atoms with Crippen LogP contribution in [0.5, 0.6) is 11.5 Å². The average Bonchev–Trinajstić information content (AvgIpc) is 1.63. The number of rotatable bonds is 20. The van der Waals surface area contributed by atoms with Crippen LogP contribution in [0.2, 0.25) is 0 Å². The highest BCUT2D eigenvalue weighted by Crippen LogP contribution is 2.40. The number of halogens is 4. The zero-order valence-electron chi connectivity index (χ0n) is 74.2. The third-order valence-electron chi connectivity index (χ3n) is 23.0. The van der Waals surface area contributed by atoms with Crippen molar-refractivity contribution in [2.24, 2.45) is 21.1 Å². The van der Waals surface area contributed by atoms with E-state index in [4.69, 9.17) is 57.7 Å². The van der Waals surface area contributed by atoms with Crippen molar-refractivity contribution in [2.45, 2.75) is 154 Å². The van der Waals surface area contributed by atoms with Crippen LogP contribution < -0.4 is 122 Å². The quantitative estimate of drug-likeness (QED) is 0.0196. The summed E-state index contributed by atoms with van der Waals surface area (Å²) in [5.41, 5.74) is 13.5. The lowest BCUT2D eigenvalue weighted by Crippen LogP contribution is -3.00. The average molecular weight is 2220 g/mol. The number of aliphatic hydroxyl groups is 2. The molecule has 0 spiro atoms. The Balaban J connectivity index is 0.000000201. The van der Waals surface area contributed by atoms with Crippen molar-refractivity contribution in [2.75, 3.05) is 0 Å². The number of aromatic nitrogens is 3. The minimum atomic E-state index is -1.48. The fourth-order valence-corrected chi connectivity index (χ4v) is 16.7. The number of alkyl halides is 1. The number of para-hydroxylation sites is 3.